The van der Waals surface area contributed by atoms with Crippen molar-refractivity contribution in [2.24, 2.45) is 0 Å². The Labute approximate surface area is 116 Å². The molecule has 0 heterocycles. The predicted octanol–water partition coefficient (Wildman–Crippen LogP) is 4.50. The van der Waals surface area contributed by atoms with Crippen LogP contribution in [0.15, 0.2) is 24.3 Å². The summed E-state index contributed by atoms with van der Waals surface area (Å²) in [4.78, 5) is 12.0. The number of Topliss-reactive ketones (excluding diaryl/α,β-unsaturated/α-hetero) is 1. The van der Waals surface area contributed by atoms with E-state index in [9.17, 15) is 9.90 Å². The third-order valence-corrected chi connectivity index (χ3v) is 3.50. The van der Waals surface area contributed by atoms with Crippen LogP contribution in [0.2, 0.25) is 0 Å². The van der Waals surface area contributed by atoms with Crippen LogP contribution in [0, 0.1) is 0 Å². The zero-order valence-electron chi connectivity index (χ0n) is 12.0. The topological polar surface area (TPSA) is 37.3 Å². The second-order valence-corrected chi connectivity index (χ2v) is 5.11. The highest BCUT2D eigenvalue weighted by molar-refractivity contribution is 5.97. The number of aliphatic hydroxyl groups is 1. The van der Waals surface area contributed by atoms with Crippen LogP contribution in [0.1, 0.15) is 74.2 Å². The number of unbranched alkanes of at least 4 members (excludes halogenated alkanes) is 6. The molecule has 1 N–H and O–H groups in total. The van der Waals surface area contributed by atoms with E-state index in [1.165, 1.54) is 32.1 Å². The number of carbonyl (C=O) groups is 1. The molecule has 0 aliphatic carbocycles. The molecule has 106 valence electrons. The van der Waals surface area contributed by atoms with Gasteiger partial charge in [-0.2, -0.15) is 0 Å². The lowest BCUT2D eigenvalue weighted by Crippen LogP contribution is -2.03. The van der Waals surface area contributed by atoms with E-state index in [2.05, 4.69) is 6.92 Å². The molecule has 2 nitrogen and oxygen atoms in total. The molecule has 0 aliphatic heterocycles. The minimum atomic E-state index is -0.0566. The van der Waals surface area contributed by atoms with E-state index in [0.717, 1.165) is 18.4 Å². The van der Waals surface area contributed by atoms with Crippen LogP contribution < -0.4 is 0 Å². The highest BCUT2D eigenvalue weighted by Gasteiger charge is 2.09. The summed E-state index contributed by atoms with van der Waals surface area (Å²) in [5.41, 5.74) is 1.44. The van der Waals surface area contributed by atoms with Crippen LogP contribution in [0.4, 0.5) is 0 Å². The molecule has 1 rings (SSSR count). The van der Waals surface area contributed by atoms with E-state index in [1.807, 2.05) is 24.3 Å². The summed E-state index contributed by atoms with van der Waals surface area (Å²) in [6.07, 6.45) is 9.13. The van der Waals surface area contributed by atoms with Gasteiger partial charge in [-0.25, -0.2) is 0 Å². The van der Waals surface area contributed by atoms with Gasteiger partial charge >= 0.3 is 0 Å². The fraction of sp³-hybridized carbons (Fsp3) is 0.588. The Morgan fingerprint density at radius 2 is 1.63 bits per heavy atom. The molecule has 0 fully saturated rings. The van der Waals surface area contributed by atoms with Crippen molar-refractivity contribution < 1.29 is 9.90 Å². The van der Waals surface area contributed by atoms with Crippen molar-refractivity contribution in [3.63, 3.8) is 0 Å². The quantitative estimate of drug-likeness (QED) is 0.498. The molecule has 2 heteroatoms. The maximum absolute atomic E-state index is 12.0. The normalized spacial score (nSPS) is 10.6. The van der Waals surface area contributed by atoms with E-state index < -0.39 is 0 Å². The van der Waals surface area contributed by atoms with Gasteiger partial charge in [0.15, 0.2) is 5.78 Å². The molecule has 0 atom stereocenters. The van der Waals surface area contributed by atoms with Crippen LogP contribution >= 0.6 is 0 Å². The van der Waals surface area contributed by atoms with Gasteiger partial charge in [-0.1, -0.05) is 69.7 Å². The molecule has 0 radical (unpaired) electrons. The first-order valence-electron chi connectivity index (χ1n) is 7.51. The summed E-state index contributed by atoms with van der Waals surface area (Å²) in [5.74, 6) is 0.165. The summed E-state index contributed by atoms with van der Waals surface area (Å²) in [5, 5.41) is 9.21. The van der Waals surface area contributed by atoms with Crippen LogP contribution in [-0.4, -0.2) is 10.9 Å². The first kappa shape index (κ1) is 15.9. The monoisotopic (exact) mass is 262 g/mol. The van der Waals surface area contributed by atoms with Crippen molar-refractivity contribution in [2.45, 2.75) is 64.9 Å². The Hall–Kier alpha value is -1.15. The number of rotatable bonds is 10. The Kier molecular flexibility index (Phi) is 8.15. The zero-order valence-corrected chi connectivity index (χ0v) is 12.0. The number of hydrogen-bond donors (Lipinski definition) is 1. The number of aliphatic hydroxyl groups excluding tert-OH is 1. The minimum Gasteiger partial charge on any atom is -0.392 e. The van der Waals surface area contributed by atoms with Gasteiger partial charge in [0.2, 0.25) is 0 Å². The highest BCUT2D eigenvalue weighted by Crippen LogP contribution is 2.14. The molecule has 0 spiro atoms. The average Bonchev–Trinajstić information content (AvgIpc) is 2.46. The fourth-order valence-corrected chi connectivity index (χ4v) is 2.31. The average molecular weight is 262 g/mol. The molecule has 0 saturated heterocycles. The van der Waals surface area contributed by atoms with Crippen molar-refractivity contribution in [3.8, 4) is 0 Å². The van der Waals surface area contributed by atoms with Crippen LogP contribution in [0.3, 0.4) is 0 Å². The molecular weight excluding hydrogens is 236 g/mol. The van der Waals surface area contributed by atoms with Crippen molar-refractivity contribution >= 4 is 5.78 Å². The van der Waals surface area contributed by atoms with Gasteiger partial charge in [0.1, 0.15) is 0 Å². The zero-order chi connectivity index (χ0) is 13.9. The molecule has 0 bridgehead atoms. The van der Waals surface area contributed by atoms with E-state index in [-0.39, 0.29) is 12.4 Å². The first-order valence-corrected chi connectivity index (χ1v) is 7.51. The van der Waals surface area contributed by atoms with Crippen LogP contribution in [-0.2, 0) is 6.61 Å². The smallest absolute Gasteiger partial charge is 0.163 e. The van der Waals surface area contributed by atoms with Gasteiger partial charge in [-0.3, -0.25) is 4.79 Å². The molecular formula is C17H26O2. The van der Waals surface area contributed by atoms with Crippen molar-refractivity contribution in [2.75, 3.05) is 0 Å². The summed E-state index contributed by atoms with van der Waals surface area (Å²) in [7, 11) is 0. The van der Waals surface area contributed by atoms with Crippen molar-refractivity contribution in [1.29, 1.82) is 0 Å². The Morgan fingerprint density at radius 3 is 2.32 bits per heavy atom. The fourth-order valence-electron chi connectivity index (χ4n) is 2.31. The van der Waals surface area contributed by atoms with Crippen LogP contribution in [0.25, 0.3) is 0 Å². The van der Waals surface area contributed by atoms with Gasteiger partial charge < -0.3 is 5.11 Å². The van der Waals surface area contributed by atoms with E-state index in [1.54, 1.807) is 0 Å². The van der Waals surface area contributed by atoms with Crippen molar-refractivity contribution in [3.05, 3.63) is 35.4 Å². The maximum atomic E-state index is 12.0. The standard InChI is InChI=1S/C17H26O2/c1-2-3-4-5-6-7-8-13-17(19)16-12-10-9-11-15(16)14-18/h9-12,18H,2-8,13-14H2,1H3. The Bertz CT molecular complexity index is 371. The summed E-state index contributed by atoms with van der Waals surface area (Å²) in [6, 6.07) is 7.35. The summed E-state index contributed by atoms with van der Waals surface area (Å²) in [6.45, 7) is 2.16. The lowest BCUT2D eigenvalue weighted by Gasteiger charge is -2.06. The SMILES string of the molecule is CCCCCCCCCC(=O)c1ccccc1CO. The summed E-state index contributed by atoms with van der Waals surface area (Å²) < 4.78 is 0. The number of benzene rings is 1. The van der Waals surface area contributed by atoms with Crippen molar-refractivity contribution in [1.82, 2.24) is 0 Å². The van der Waals surface area contributed by atoms with E-state index in [4.69, 9.17) is 0 Å². The van der Waals surface area contributed by atoms with E-state index in [0.29, 0.717) is 12.0 Å². The predicted molar refractivity (Wildman–Crippen MR) is 79.3 cm³/mol. The van der Waals surface area contributed by atoms with Gasteiger partial charge in [0.25, 0.3) is 0 Å². The second kappa shape index (κ2) is 9.74. The van der Waals surface area contributed by atoms with Gasteiger partial charge in [-0.15, -0.1) is 0 Å². The third kappa shape index (κ3) is 6.02. The number of ketones is 1. The molecule has 0 aromatic heterocycles. The number of carbonyl (C=O) groups excluding carboxylic acids is 1. The maximum Gasteiger partial charge on any atom is 0.163 e. The molecule has 1 aromatic rings. The number of hydrogen-bond acceptors (Lipinski definition) is 2. The molecule has 0 amide bonds. The molecule has 0 saturated carbocycles. The lowest BCUT2D eigenvalue weighted by molar-refractivity contribution is 0.0976. The molecule has 1 aromatic carbocycles. The van der Waals surface area contributed by atoms with Gasteiger partial charge in [0.05, 0.1) is 6.61 Å². The molecule has 0 aliphatic rings. The first-order chi connectivity index (χ1) is 9.29. The molecule has 0 unspecified atom stereocenters. The lowest BCUT2D eigenvalue weighted by atomic mass is 9.99. The Balaban J connectivity index is 2.24. The highest BCUT2D eigenvalue weighted by atomic mass is 16.3. The third-order valence-electron chi connectivity index (χ3n) is 3.50. The van der Waals surface area contributed by atoms with Gasteiger partial charge in [-0.05, 0) is 12.0 Å². The second-order valence-electron chi connectivity index (χ2n) is 5.11. The minimum absolute atomic E-state index is 0.0566. The Morgan fingerprint density at radius 1 is 1.00 bits per heavy atom. The van der Waals surface area contributed by atoms with Crippen LogP contribution in [0.5, 0.6) is 0 Å². The van der Waals surface area contributed by atoms with E-state index >= 15 is 0 Å². The summed E-state index contributed by atoms with van der Waals surface area (Å²) >= 11 is 0. The largest absolute Gasteiger partial charge is 0.392 e. The molecule has 19 heavy (non-hydrogen) atoms. The van der Waals surface area contributed by atoms with Gasteiger partial charge in [0, 0.05) is 12.0 Å².